The van der Waals surface area contributed by atoms with Gasteiger partial charge in [-0.3, -0.25) is 14.9 Å². The van der Waals surface area contributed by atoms with Gasteiger partial charge in [0.1, 0.15) is 11.1 Å². The van der Waals surface area contributed by atoms with Crippen LogP contribution in [0.25, 0.3) is 0 Å². The molecular formula is C16H15N3O3S. The van der Waals surface area contributed by atoms with Crippen LogP contribution in [0.4, 0.5) is 10.7 Å². The van der Waals surface area contributed by atoms with Crippen LogP contribution in [0.2, 0.25) is 0 Å². The van der Waals surface area contributed by atoms with Crippen molar-refractivity contribution in [2.75, 3.05) is 5.32 Å². The third-order valence-electron chi connectivity index (χ3n) is 3.56. The molecule has 0 unspecified atom stereocenters. The molecule has 0 saturated heterocycles. The molecule has 0 radical (unpaired) electrons. The zero-order valence-corrected chi connectivity index (χ0v) is 13.8. The van der Waals surface area contributed by atoms with Gasteiger partial charge in [0.15, 0.2) is 0 Å². The lowest BCUT2D eigenvalue weighted by atomic mass is 10.1. The van der Waals surface area contributed by atoms with E-state index in [0.29, 0.717) is 21.7 Å². The van der Waals surface area contributed by atoms with Crippen LogP contribution in [0, 0.1) is 35.3 Å². The van der Waals surface area contributed by atoms with Gasteiger partial charge in [-0.25, -0.2) is 0 Å². The number of carbonyl (C=O) groups excluding carboxylic acids is 1. The summed E-state index contributed by atoms with van der Waals surface area (Å²) in [5, 5.41) is 23.4. The molecule has 0 spiro atoms. The van der Waals surface area contributed by atoms with E-state index >= 15 is 0 Å². The summed E-state index contributed by atoms with van der Waals surface area (Å²) in [6.07, 6.45) is 0.720. The van der Waals surface area contributed by atoms with Crippen molar-refractivity contribution in [2.24, 2.45) is 0 Å². The summed E-state index contributed by atoms with van der Waals surface area (Å²) in [5.41, 5.74) is 2.13. The molecule has 1 aromatic carbocycles. The van der Waals surface area contributed by atoms with Crippen molar-refractivity contribution < 1.29 is 9.72 Å². The number of nitro groups is 1. The minimum Gasteiger partial charge on any atom is -0.312 e. The molecule has 0 saturated carbocycles. The number of nitro benzene ring substituents is 1. The largest absolute Gasteiger partial charge is 0.312 e. The summed E-state index contributed by atoms with van der Waals surface area (Å²) >= 11 is 1.36. The Balaban J connectivity index is 2.32. The van der Waals surface area contributed by atoms with E-state index in [1.54, 1.807) is 6.92 Å². The predicted octanol–water partition coefficient (Wildman–Crippen LogP) is 3.96. The highest BCUT2D eigenvalue weighted by Crippen LogP contribution is 2.33. The molecule has 1 heterocycles. The summed E-state index contributed by atoms with van der Waals surface area (Å²) in [7, 11) is 0. The van der Waals surface area contributed by atoms with E-state index < -0.39 is 4.92 Å². The van der Waals surface area contributed by atoms with Gasteiger partial charge in [0.2, 0.25) is 0 Å². The molecule has 0 atom stereocenters. The van der Waals surface area contributed by atoms with Gasteiger partial charge < -0.3 is 5.32 Å². The number of hydrogen-bond donors (Lipinski definition) is 1. The van der Waals surface area contributed by atoms with Crippen LogP contribution in [-0.4, -0.2) is 10.8 Å². The lowest BCUT2D eigenvalue weighted by molar-refractivity contribution is -0.385. The third kappa shape index (κ3) is 3.22. The number of anilines is 1. The number of benzene rings is 1. The fourth-order valence-corrected chi connectivity index (χ4v) is 3.48. The fourth-order valence-electron chi connectivity index (χ4n) is 2.39. The number of carbonyl (C=O) groups is 1. The summed E-state index contributed by atoms with van der Waals surface area (Å²) in [6.45, 7) is 5.46. The molecule has 7 heteroatoms. The monoisotopic (exact) mass is 329 g/mol. The first-order chi connectivity index (χ1) is 10.9. The Morgan fingerprint density at radius 3 is 2.65 bits per heavy atom. The van der Waals surface area contributed by atoms with E-state index in [2.05, 4.69) is 11.4 Å². The van der Waals surface area contributed by atoms with Crippen LogP contribution in [0.1, 0.15) is 38.8 Å². The number of nitrogens with one attached hydrogen (secondary N) is 1. The molecule has 0 aliphatic heterocycles. The first kappa shape index (κ1) is 16.6. The minimum atomic E-state index is -0.485. The van der Waals surface area contributed by atoms with Gasteiger partial charge >= 0.3 is 0 Å². The van der Waals surface area contributed by atoms with Gasteiger partial charge in [-0.2, -0.15) is 5.26 Å². The molecule has 23 heavy (non-hydrogen) atoms. The van der Waals surface area contributed by atoms with E-state index in [0.717, 1.165) is 16.9 Å². The lowest BCUT2D eigenvalue weighted by Crippen LogP contribution is -2.12. The molecule has 0 aliphatic carbocycles. The Bertz CT molecular complexity index is 834. The normalized spacial score (nSPS) is 10.2. The molecule has 0 bridgehead atoms. The molecular weight excluding hydrogens is 314 g/mol. The van der Waals surface area contributed by atoms with E-state index in [1.807, 2.05) is 13.8 Å². The molecule has 2 aromatic rings. The van der Waals surface area contributed by atoms with Gasteiger partial charge in [0, 0.05) is 22.1 Å². The maximum Gasteiger partial charge on any atom is 0.272 e. The van der Waals surface area contributed by atoms with Gasteiger partial charge in [-0.05, 0) is 38.0 Å². The zero-order valence-electron chi connectivity index (χ0n) is 13.0. The zero-order chi connectivity index (χ0) is 17.1. The number of thiophene rings is 1. The first-order valence-corrected chi connectivity index (χ1v) is 7.79. The van der Waals surface area contributed by atoms with Gasteiger partial charge in [-0.15, -0.1) is 11.3 Å². The fraction of sp³-hybridized carbons (Fsp3) is 0.250. The van der Waals surface area contributed by atoms with Crippen LogP contribution < -0.4 is 5.32 Å². The molecule has 0 aliphatic rings. The Morgan fingerprint density at radius 2 is 2.13 bits per heavy atom. The van der Waals surface area contributed by atoms with Crippen molar-refractivity contribution in [3.8, 4) is 6.07 Å². The average molecular weight is 329 g/mol. The van der Waals surface area contributed by atoms with E-state index in [9.17, 15) is 20.2 Å². The Labute approximate surface area is 137 Å². The first-order valence-electron chi connectivity index (χ1n) is 6.97. The Morgan fingerprint density at radius 1 is 1.43 bits per heavy atom. The van der Waals surface area contributed by atoms with Crippen molar-refractivity contribution in [1.29, 1.82) is 5.26 Å². The standard InChI is InChI=1S/C16H15N3O3S/c1-4-12-10(3)23-16(13(12)8-17)18-15(20)11-5-6-14(19(21)22)9(2)7-11/h5-7H,4H2,1-3H3,(H,18,20). The highest BCUT2D eigenvalue weighted by Gasteiger charge is 2.18. The highest BCUT2D eigenvalue weighted by molar-refractivity contribution is 7.16. The van der Waals surface area contributed by atoms with Crippen LogP contribution in [0.5, 0.6) is 0 Å². The lowest BCUT2D eigenvalue weighted by Gasteiger charge is -2.05. The molecule has 0 fully saturated rings. The number of hydrogen-bond acceptors (Lipinski definition) is 5. The minimum absolute atomic E-state index is 0.0282. The maximum absolute atomic E-state index is 12.3. The van der Waals surface area contributed by atoms with Crippen molar-refractivity contribution in [1.82, 2.24) is 0 Å². The van der Waals surface area contributed by atoms with Crippen LogP contribution in [-0.2, 0) is 6.42 Å². The topological polar surface area (TPSA) is 96.0 Å². The SMILES string of the molecule is CCc1c(C)sc(NC(=O)c2ccc([N+](=O)[O-])c(C)c2)c1C#N. The van der Waals surface area contributed by atoms with Crippen molar-refractivity contribution >= 4 is 27.9 Å². The number of nitrogens with zero attached hydrogens (tertiary/aromatic N) is 2. The summed E-state index contributed by atoms with van der Waals surface area (Å²) < 4.78 is 0. The number of aryl methyl sites for hydroxylation is 2. The highest BCUT2D eigenvalue weighted by atomic mass is 32.1. The molecule has 118 valence electrons. The summed E-state index contributed by atoms with van der Waals surface area (Å²) in [4.78, 5) is 23.7. The Hall–Kier alpha value is -2.72. The summed E-state index contributed by atoms with van der Waals surface area (Å²) in [6, 6.07) is 6.33. The number of nitriles is 1. The molecule has 6 nitrogen and oxygen atoms in total. The second kappa shape index (κ2) is 6.58. The van der Waals surface area contributed by atoms with Gasteiger partial charge in [0.25, 0.3) is 11.6 Å². The smallest absolute Gasteiger partial charge is 0.272 e. The maximum atomic E-state index is 12.3. The van der Waals surface area contributed by atoms with E-state index in [-0.39, 0.29) is 11.6 Å². The van der Waals surface area contributed by atoms with Crippen molar-refractivity contribution in [3.63, 3.8) is 0 Å². The van der Waals surface area contributed by atoms with E-state index in [4.69, 9.17) is 0 Å². The molecule has 2 rings (SSSR count). The second-order valence-corrected chi connectivity index (χ2v) is 6.24. The molecule has 1 N–H and O–H groups in total. The van der Waals surface area contributed by atoms with Gasteiger partial charge in [0.05, 0.1) is 10.5 Å². The molecule has 1 amide bonds. The van der Waals surface area contributed by atoms with Crippen LogP contribution in [0.15, 0.2) is 18.2 Å². The van der Waals surface area contributed by atoms with Crippen molar-refractivity contribution in [3.05, 3.63) is 55.4 Å². The second-order valence-electron chi connectivity index (χ2n) is 5.02. The number of amides is 1. The molecule has 1 aromatic heterocycles. The summed E-state index contributed by atoms with van der Waals surface area (Å²) in [5.74, 6) is -0.386. The van der Waals surface area contributed by atoms with E-state index in [1.165, 1.54) is 29.5 Å². The van der Waals surface area contributed by atoms with Gasteiger partial charge in [-0.1, -0.05) is 6.92 Å². The quantitative estimate of drug-likeness (QED) is 0.678. The average Bonchev–Trinajstić information content (AvgIpc) is 2.81. The third-order valence-corrected chi connectivity index (χ3v) is 4.62. The number of rotatable bonds is 4. The Kier molecular flexibility index (Phi) is 4.77. The van der Waals surface area contributed by atoms with Crippen LogP contribution >= 0.6 is 11.3 Å². The van der Waals surface area contributed by atoms with Crippen molar-refractivity contribution in [2.45, 2.75) is 27.2 Å². The predicted molar refractivity (Wildman–Crippen MR) is 88.9 cm³/mol. The van der Waals surface area contributed by atoms with Crippen LogP contribution in [0.3, 0.4) is 0 Å².